The van der Waals surface area contributed by atoms with E-state index in [0.29, 0.717) is 29.1 Å². The van der Waals surface area contributed by atoms with Crippen molar-refractivity contribution in [3.05, 3.63) is 48.0 Å². The Hall–Kier alpha value is -1.83. The van der Waals surface area contributed by atoms with Crippen LogP contribution in [-0.4, -0.2) is 25.5 Å². The van der Waals surface area contributed by atoms with Crippen molar-refractivity contribution in [1.29, 1.82) is 0 Å². The molecule has 126 valence electrons. The van der Waals surface area contributed by atoms with E-state index >= 15 is 0 Å². The van der Waals surface area contributed by atoms with E-state index in [-0.39, 0.29) is 4.90 Å². The number of hydrogen-bond acceptors (Lipinski definition) is 4. The molecule has 0 amide bonds. The third-order valence-corrected chi connectivity index (χ3v) is 6.01. The number of primary sulfonamides is 1. The molecule has 7 heteroatoms. The van der Waals surface area contributed by atoms with Crippen molar-refractivity contribution >= 4 is 10.0 Å². The predicted octanol–water partition coefficient (Wildman–Crippen LogP) is 2.14. The zero-order valence-corrected chi connectivity index (χ0v) is 13.8. The van der Waals surface area contributed by atoms with Gasteiger partial charge in [-0.2, -0.15) is 4.39 Å². The van der Waals surface area contributed by atoms with Crippen LogP contribution in [0.15, 0.2) is 41.4 Å². The van der Waals surface area contributed by atoms with Crippen molar-refractivity contribution in [2.75, 3.05) is 0 Å². The summed E-state index contributed by atoms with van der Waals surface area (Å²) in [6.45, 7) is 0. The molecule has 5 nitrogen and oxygen atoms in total. The van der Waals surface area contributed by atoms with Gasteiger partial charge in [-0.3, -0.25) is 0 Å². The van der Waals surface area contributed by atoms with Crippen molar-refractivity contribution in [3.63, 3.8) is 0 Å². The van der Waals surface area contributed by atoms with Gasteiger partial charge in [-0.1, -0.05) is 12.1 Å². The van der Waals surface area contributed by atoms with Gasteiger partial charge in [-0.15, -0.1) is 0 Å². The van der Waals surface area contributed by atoms with Gasteiger partial charge in [-0.05, 0) is 48.6 Å². The van der Waals surface area contributed by atoms with Crippen LogP contribution in [0.1, 0.15) is 30.7 Å². The molecule has 1 aromatic carbocycles. The van der Waals surface area contributed by atoms with Gasteiger partial charge in [0.15, 0.2) is 0 Å². The van der Waals surface area contributed by atoms with E-state index in [0.717, 1.165) is 18.4 Å². The van der Waals surface area contributed by atoms with Gasteiger partial charge in [0.05, 0.1) is 4.90 Å². The number of hydrogen-bond donors (Lipinski definition) is 2. The van der Waals surface area contributed by atoms with Crippen LogP contribution in [0, 0.1) is 5.95 Å². The maximum absolute atomic E-state index is 14.2. The molecule has 0 spiro atoms. The highest BCUT2D eigenvalue weighted by Crippen LogP contribution is 2.40. The van der Waals surface area contributed by atoms with Crippen LogP contribution in [-0.2, 0) is 10.0 Å². The Labute approximate surface area is 140 Å². The van der Waals surface area contributed by atoms with Crippen LogP contribution < -0.4 is 10.5 Å². The number of aromatic nitrogens is 1. The van der Waals surface area contributed by atoms with E-state index in [4.69, 9.17) is 5.14 Å². The van der Waals surface area contributed by atoms with Gasteiger partial charge < -0.3 is 5.32 Å². The lowest BCUT2D eigenvalue weighted by atomic mass is 9.84. The summed E-state index contributed by atoms with van der Waals surface area (Å²) in [5.41, 5.74) is 2.00. The molecule has 2 aliphatic rings. The topological polar surface area (TPSA) is 85.1 Å². The summed E-state index contributed by atoms with van der Waals surface area (Å²) in [6.07, 6.45) is 5.02. The number of rotatable bonds is 3. The third kappa shape index (κ3) is 2.72. The number of sulfonamides is 1. The average molecular weight is 347 g/mol. The minimum absolute atomic E-state index is 0.00748. The molecule has 0 radical (unpaired) electrons. The summed E-state index contributed by atoms with van der Waals surface area (Å²) in [5.74, 6) is -0.197. The summed E-state index contributed by atoms with van der Waals surface area (Å²) in [5, 5.41) is 8.67. The number of nitrogens with two attached hydrogens (primary N) is 1. The Bertz CT molecular complexity index is 883. The Kier molecular flexibility index (Phi) is 3.67. The van der Waals surface area contributed by atoms with Crippen molar-refractivity contribution < 1.29 is 12.8 Å². The van der Waals surface area contributed by atoms with Crippen LogP contribution in [0.2, 0.25) is 0 Å². The molecule has 3 heterocycles. The SMILES string of the molecule is NS(=O)(=O)c1ccc(-c2cc(C3C[C@@H]4CC[C@H]3N4)cnc2F)cc1. The monoisotopic (exact) mass is 347 g/mol. The van der Waals surface area contributed by atoms with E-state index < -0.39 is 16.0 Å². The molecule has 24 heavy (non-hydrogen) atoms. The lowest BCUT2D eigenvalue weighted by molar-refractivity contribution is 0.502. The lowest BCUT2D eigenvalue weighted by Gasteiger charge is -2.20. The molecular weight excluding hydrogens is 329 g/mol. The quantitative estimate of drug-likeness (QED) is 0.833. The molecule has 4 rings (SSSR count). The van der Waals surface area contributed by atoms with Gasteiger partial charge in [0.1, 0.15) is 0 Å². The summed E-state index contributed by atoms with van der Waals surface area (Å²) in [6, 6.07) is 8.72. The lowest BCUT2D eigenvalue weighted by Crippen LogP contribution is -2.21. The maximum Gasteiger partial charge on any atom is 0.238 e. The number of fused-ring (bicyclic) bond motifs is 2. The molecule has 1 unspecified atom stereocenters. The Balaban J connectivity index is 1.69. The highest BCUT2D eigenvalue weighted by molar-refractivity contribution is 7.89. The molecule has 0 saturated carbocycles. The van der Waals surface area contributed by atoms with Gasteiger partial charge >= 0.3 is 0 Å². The first-order chi connectivity index (χ1) is 11.4. The second-order valence-corrected chi connectivity index (χ2v) is 8.13. The normalized spacial score (nSPS) is 26.0. The van der Waals surface area contributed by atoms with Gasteiger partial charge in [0, 0.05) is 29.8 Å². The van der Waals surface area contributed by atoms with Crippen LogP contribution in [0.3, 0.4) is 0 Å². The predicted molar refractivity (Wildman–Crippen MR) is 88.3 cm³/mol. The Morgan fingerprint density at radius 2 is 1.96 bits per heavy atom. The second-order valence-electron chi connectivity index (χ2n) is 6.57. The molecular formula is C17H18FN3O2S. The fourth-order valence-electron chi connectivity index (χ4n) is 3.89. The first-order valence-electron chi connectivity index (χ1n) is 7.96. The van der Waals surface area contributed by atoms with Crippen LogP contribution in [0.4, 0.5) is 4.39 Å². The highest BCUT2D eigenvalue weighted by atomic mass is 32.2. The Morgan fingerprint density at radius 3 is 2.54 bits per heavy atom. The maximum atomic E-state index is 14.2. The van der Waals surface area contributed by atoms with E-state index in [1.165, 1.54) is 18.6 Å². The molecule has 0 aliphatic carbocycles. The minimum Gasteiger partial charge on any atom is -0.311 e. The van der Waals surface area contributed by atoms with E-state index in [1.807, 2.05) is 6.07 Å². The Morgan fingerprint density at radius 1 is 1.21 bits per heavy atom. The summed E-state index contributed by atoms with van der Waals surface area (Å²) < 4.78 is 36.9. The largest absolute Gasteiger partial charge is 0.311 e. The van der Waals surface area contributed by atoms with E-state index in [1.54, 1.807) is 18.3 Å². The average Bonchev–Trinajstić information content (AvgIpc) is 3.18. The molecule has 2 aliphatic heterocycles. The molecule has 2 aromatic rings. The van der Waals surface area contributed by atoms with Crippen molar-refractivity contribution in [1.82, 2.24) is 10.3 Å². The smallest absolute Gasteiger partial charge is 0.238 e. The molecule has 1 aromatic heterocycles. The van der Waals surface area contributed by atoms with Crippen LogP contribution in [0.5, 0.6) is 0 Å². The third-order valence-electron chi connectivity index (χ3n) is 5.08. The first-order valence-corrected chi connectivity index (χ1v) is 9.51. The number of nitrogens with one attached hydrogen (secondary N) is 1. The molecule has 3 N–H and O–H groups in total. The zero-order valence-electron chi connectivity index (χ0n) is 12.9. The fraction of sp³-hybridized carbons (Fsp3) is 0.353. The van der Waals surface area contributed by atoms with Crippen LogP contribution >= 0.6 is 0 Å². The number of nitrogens with zero attached hydrogens (tertiary/aromatic N) is 1. The molecule has 3 atom stereocenters. The van der Waals surface area contributed by atoms with Gasteiger partial charge in [0.25, 0.3) is 0 Å². The number of pyridine rings is 1. The standard InChI is InChI=1S/C17H18FN3O2S/c18-17-15(10-1-4-13(5-2-10)24(19,22)23)7-11(9-20-17)14-8-12-3-6-16(14)21-12/h1-2,4-5,7,9,12,14,16,21H,3,6,8H2,(H2,19,22,23)/t12-,14?,16+/m0/s1. The number of benzene rings is 1. The summed E-state index contributed by atoms with van der Waals surface area (Å²) in [7, 11) is -3.76. The van der Waals surface area contributed by atoms with Crippen LogP contribution in [0.25, 0.3) is 11.1 Å². The highest BCUT2D eigenvalue weighted by Gasteiger charge is 2.40. The van der Waals surface area contributed by atoms with E-state index in [9.17, 15) is 12.8 Å². The fourth-order valence-corrected chi connectivity index (χ4v) is 4.40. The summed E-state index contributed by atoms with van der Waals surface area (Å²) >= 11 is 0. The molecule has 2 bridgehead atoms. The second kappa shape index (κ2) is 5.61. The summed E-state index contributed by atoms with van der Waals surface area (Å²) in [4.78, 5) is 3.92. The first kappa shape index (κ1) is 15.7. The van der Waals surface area contributed by atoms with Crippen molar-refractivity contribution in [2.24, 2.45) is 5.14 Å². The minimum atomic E-state index is -3.76. The van der Waals surface area contributed by atoms with Crippen molar-refractivity contribution in [2.45, 2.75) is 42.2 Å². The molecule has 2 saturated heterocycles. The number of halogens is 1. The van der Waals surface area contributed by atoms with Gasteiger partial charge in [0.2, 0.25) is 16.0 Å². The van der Waals surface area contributed by atoms with Crippen molar-refractivity contribution in [3.8, 4) is 11.1 Å². The molecule has 2 fully saturated rings. The van der Waals surface area contributed by atoms with Gasteiger partial charge in [-0.25, -0.2) is 18.5 Å². The zero-order chi connectivity index (χ0) is 16.9. The van der Waals surface area contributed by atoms with E-state index in [2.05, 4.69) is 10.3 Å².